The van der Waals surface area contributed by atoms with Gasteiger partial charge in [-0.1, -0.05) is 18.0 Å². The minimum absolute atomic E-state index is 0.226. The van der Waals surface area contributed by atoms with Crippen molar-refractivity contribution in [1.29, 1.82) is 0 Å². The summed E-state index contributed by atoms with van der Waals surface area (Å²) in [7, 11) is 3.29. The molecule has 1 aromatic carbocycles. The first-order valence-corrected chi connectivity index (χ1v) is 10.9. The number of nitrogen functional groups attached to an aromatic ring is 1. The lowest BCUT2D eigenvalue weighted by atomic mass is 9.99. The molecule has 0 spiro atoms. The quantitative estimate of drug-likeness (QED) is 0.514. The monoisotopic (exact) mass is 456 g/mol. The number of nitrogens with zero attached hydrogens (tertiary/aromatic N) is 3. The molecule has 0 atom stereocenters. The van der Waals surface area contributed by atoms with Crippen molar-refractivity contribution in [1.82, 2.24) is 14.9 Å². The molecular weight excluding hydrogens is 431 g/mol. The molecule has 1 fully saturated rings. The smallest absolute Gasteiger partial charge is 0.220 e. The molecular formula is C24H26ClFN4O2. The van der Waals surface area contributed by atoms with Gasteiger partial charge in [-0.25, -0.2) is 9.97 Å². The van der Waals surface area contributed by atoms with E-state index in [2.05, 4.69) is 14.9 Å². The van der Waals surface area contributed by atoms with Gasteiger partial charge in [0.1, 0.15) is 16.7 Å². The molecule has 0 bridgehead atoms. The Morgan fingerprint density at radius 3 is 2.28 bits per heavy atom. The first-order valence-electron chi connectivity index (χ1n) is 10.5. The highest BCUT2D eigenvalue weighted by atomic mass is 35.5. The van der Waals surface area contributed by atoms with Gasteiger partial charge < -0.3 is 15.2 Å². The number of pyridine rings is 2. The molecule has 0 saturated carbocycles. The third kappa shape index (κ3) is 4.64. The molecule has 3 aromatic rings. The number of rotatable bonds is 6. The van der Waals surface area contributed by atoms with Crippen molar-refractivity contribution in [2.45, 2.75) is 25.8 Å². The SMILES string of the molecule is COc1cc(-c2cnc(F)c(-c3cc(Cl)ncc3N)c2)cc(OC)c1CN1CCCCC1. The predicted octanol–water partition coefficient (Wildman–Crippen LogP) is 5.19. The van der Waals surface area contributed by atoms with E-state index in [4.69, 9.17) is 26.8 Å². The molecule has 6 nitrogen and oxygen atoms in total. The first-order chi connectivity index (χ1) is 15.5. The number of hydrogen-bond acceptors (Lipinski definition) is 6. The van der Waals surface area contributed by atoms with Crippen LogP contribution in [0.3, 0.4) is 0 Å². The number of benzene rings is 1. The fraction of sp³-hybridized carbons (Fsp3) is 0.333. The van der Waals surface area contributed by atoms with Crippen molar-refractivity contribution >= 4 is 17.3 Å². The van der Waals surface area contributed by atoms with E-state index in [1.165, 1.54) is 37.7 Å². The van der Waals surface area contributed by atoms with Crippen LogP contribution in [0.1, 0.15) is 24.8 Å². The molecule has 0 amide bonds. The number of ether oxygens (including phenoxy) is 2. The Hall–Kier alpha value is -2.90. The van der Waals surface area contributed by atoms with Gasteiger partial charge >= 0.3 is 0 Å². The van der Waals surface area contributed by atoms with Crippen LogP contribution < -0.4 is 15.2 Å². The minimum Gasteiger partial charge on any atom is -0.496 e. The summed E-state index contributed by atoms with van der Waals surface area (Å²) in [6.45, 7) is 2.88. The Morgan fingerprint density at radius 2 is 1.62 bits per heavy atom. The van der Waals surface area contributed by atoms with Gasteiger partial charge in [-0.15, -0.1) is 0 Å². The van der Waals surface area contributed by atoms with Crippen molar-refractivity contribution in [3.63, 3.8) is 0 Å². The molecule has 2 N–H and O–H groups in total. The van der Waals surface area contributed by atoms with Crippen LogP contribution >= 0.6 is 11.6 Å². The summed E-state index contributed by atoms with van der Waals surface area (Å²) in [5.74, 6) is 0.813. The Balaban J connectivity index is 1.76. The molecule has 32 heavy (non-hydrogen) atoms. The molecule has 8 heteroatoms. The standard InChI is InChI=1S/C24H26ClFN4O2/c1-31-21-9-15(10-22(32-2)19(21)14-30-6-4-3-5-7-30)16-8-18(24(26)29-12-16)17-11-23(25)28-13-20(17)27/h8-13H,3-7,14,27H2,1-2H3. The van der Waals surface area contributed by atoms with Crippen LogP contribution in [0.4, 0.5) is 10.1 Å². The molecule has 0 radical (unpaired) electrons. The van der Waals surface area contributed by atoms with Crippen LogP contribution in [-0.4, -0.2) is 42.2 Å². The number of anilines is 1. The number of hydrogen-bond donors (Lipinski definition) is 1. The molecule has 0 unspecified atom stereocenters. The number of likely N-dealkylation sites (tertiary alicyclic amines) is 1. The van der Waals surface area contributed by atoms with Crippen LogP contribution in [0, 0.1) is 5.95 Å². The Labute approximate surface area is 192 Å². The highest BCUT2D eigenvalue weighted by molar-refractivity contribution is 6.29. The molecule has 3 heterocycles. The Morgan fingerprint density at radius 1 is 0.938 bits per heavy atom. The summed E-state index contributed by atoms with van der Waals surface area (Å²) < 4.78 is 26.0. The van der Waals surface area contributed by atoms with Crippen molar-refractivity contribution in [3.8, 4) is 33.8 Å². The van der Waals surface area contributed by atoms with Crippen molar-refractivity contribution < 1.29 is 13.9 Å². The zero-order valence-corrected chi connectivity index (χ0v) is 19.0. The molecule has 1 aliphatic rings. The van der Waals surface area contributed by atoms with Gasteiger partial charge in [-0.2, -0.15) is 4.39 Å². The Kier molecular flexibility index (Phi) is 6.77. The lowest BCUT2D eigenvalue weighted by Crippen LogP contribution is -2.29. The fourth-order valence-electron chi connectivity index (χ4n) is 4.12. The summed E-state index contributed by atoms with van der Waals surface area (Å²) in [5, 5.41) is 0.226. The lowest BCUT2D eigenvalue weighted by Gasteiger charge is -2.28. The van der Waals surface area contributed by atoms with E-state index in [-0.39, 0.29) is 10.7 Å². The van der Waals surface area contributed by atoms with E-state index in [9.17, 15) is 4.39 Å². The normalized spacial score (nSPS) is 14.4. The molecule has 2 aromatic heterocycles. The van der Waals surface area contributed by atoms with Crippen molar-refractivity contribution in [3.05, 3.63) is 53.3 Å². The van der Waals surface area contributed by atoms with Gasteiger partial charge in [0.2, 0.25) is 5.95 Å². The van der Waals surface area contributed by atoms with Gasteiger partial charge in [-0.3, -0.25) is 4.90 Å². The summed E-state index contributed by atoms with van der Waals surface area (Å²) >= 11 is 6.01. The third-order valence-corrected chi connectivity index (χ3v) is 6.01. The van der Waals surface area contributed by atoms with Gasteiger partial charge in [0.25, 0.3) is 0 Å². The maximum atomic E-state index is 14.6. The number of aromatic nitrogens is 2. The molecule has 0 aliphatic carbocycles. The molecule has 1 saturated heterocycles. The zero-order valence-electron chi connectivity index (χ0n) is 18.2. The fourth-order valence-corrected chi connectivity index (χ4v) is 4.27. The molecule has 1 aliphatic heterocycles. The highest BCUT2D eigenvalue weighted by Gasteiger charge is 2.20. The summed E-state index contributed by atoms with van der Waals surface area (Å²) in [4.78, 5) is 10.3. The molecule has 168 valence electrons. The van der Waals surface area contributed by atoms with Gasteiger partial charge in [0.15, 0.2) is 0 Å². The van der Waals surface area contributed by atoms with Gasteiger partial charge in [-0.05, 0) is 55.8 Å². The van der Waals surface area contributed by atoms with E-state index in [0.717, 1.165) is 42.3 Å². The Bertz CT molecular complexity index is 1090. The van der Waals surface area contributed by atoms with E-state index >= 15 is 0 Å². The number of piperidine rings is 1. The minimum atomic E-state index is -0.636. The maximum absolute atomic E-state index is 14.6. The summed E-state index contributed by atoms with van der Waals surface area (Å²) in [5.41, 5.74) is 9.53. The van der Waals surface area contributed by atoms with Crippen LogP contribution in [-0.2, 0) is 6.54 Å². The number of halogens is 2. The average Bonchev–Trinajstić information content (AvgIpc) is 2.82. The predicted molar refractivity (Wildman–Crippen MR) is 125 cm³/mol. The number of methoxy groups -OCH3 is 2. The molecule has 4 rings (SSSR count). The lowest BCUT2D eigenvalue weighted by molar-refractivity contribution is 0.215. The van der Waals surface area contributed by atoms with Crippen LogP contribution in [0.15, 0.2) is 36.7 Å². The van der Waals surface area contributed by atoms with Crippen LogP contribution in [0.25, 0.3) is 22.3 Å². The summed E-state index contributed by atoms with van der Waals surface area (Å²) in [6, 6.07) is 7.10. The largest absolute Gasteiger partial charge is 0.496 e. The zero-order chi connectivity index (χ0) is 22.7. The van der Waals surface area contributed by atoms with E-state index < -0.39 is 5.95 Å². The van der Waals surface area contributed by atoms with E-state index in [1.807, 2.05) is 12.1 Å². The second-order valence-electron chi connectivity index (χ2n) is 7.85. The summed E-state index contributed by atoms with van der Waals surface area (Å²) in [6.07, 6.45) is 6.57. The average molecular weight is 457 g/mol. The van der Waals surface area contributed by atoms with Crippen LogP contribution in [0.5, 0.6) is 11.5 Å². The topological polar surface area (TPSA) is 73.5 Å². The first kappa shape index (κ1) is 22.3. The maximum Gasteiger partial charge on any atom is 0.220 e. The number of nitrogens with two attached hydrogens (primary N) is 1. The van der Waals surface area contributed by atoms with Crippen LogP contribution in [0.2, 0.25) is 5.15 Å². The van der Waals surface area contributed by atoms with Crippen molar-refractivity contribution in [2.24, 2.45) is 0 Å². The third-order valence-electron chi connectivity index (χ3n) is 5.80. The second-order valence-corrected chi connectivity index (χ2v) is 8.24. The van der Waals surface area contributed by atoms with E-state index in [1.54, 1.807) is 20.3 Å². The van der Waals surface area contributed by atoms with Crippen molar-refractivity contribution in [2.75, 3.05) is 33.0 Å². The second kappa shape index (κ2) is 9.71. The van der Waals surface area contributed by atoms with Gasteiger partial charge in [0.05, 0.1) is 31.7 Å². The van der Waals surface area contributed by atoms with E-state index in [0.29, 0.717) is 16.8 Å². The highest BCUT2D eigenvalue weighted by Crippen LogP contribution is 2.38. The van der Waals surface area contributed by atoms with Gasteiger partial charge in [0, 0.05) is 29.4 Å².